The molecule has 90 valence electrons. The Balaban J connectivity index is 2.70. The van der Waals surface area contributed by atoms with Crippen LogP contribution in [0.5, 0.6) is 0 Å². The third kappa shape index (κ3) is 3.64. The second-order valence-corrected chi connectivity index (χ2v) is 5.12. The number of methoxy groups -OCH3 is 1. The molecule has 1 aromatic carbocycles. The number of hydrogen-bond donors (Lipinski definition) is 0. The van der Waals surface area contributed by atoms with E-state index in [-0.39, 0.29) is 5.41 Å². The van der Waals surface area contributed by atoms with Gasteiger partial charge in [0.25, 0.3) is 0 Å². The van der Waals surface area contributed by atoms with Gasteiger partial charge in [0, 0.05) is 12.5 Å². The summed E-state index contributed by atoms with van der Waals surface area (Å²) in [5.41, 5.74) is 2.91. The first-order valence-electron chi connectivity index (χ1n) is 6.18. The Morgan fingerprint density at radius 2 is 1.75 bits per heavy atom. The van der Waals surface area contributed by atoms with Gasteiger partial charge in [-0.25, -0.2) is 0 Å². The van der Waals surface area contributed by atoms with Crippen LogP contribution in [0, 0.1) is 0 Å². The molecule has 0 amide bonds. The lowest BCUT2D eigenvalue weighted by atomic mass is 9.85. The summed E-state index contributed by atoms with van der Waals surface area (Å²) in [5, 5.41) is 0. The molecule has 0 aliphatic rings. The largest absolute Gasteiger partial charge is 0.384 e. The Morgan fingerprint density at radius 3 is 2.25 bits per heavy atom. The lowest BCUT2D eigenvalue weighted by molar-refractivity contribution is 0.146. The molecule has 0 heterocycles. The molecule has 1 rings (SSSR count). The maximum Gasteiger partial charge on any atom is 0.0553 e. The summed E-state index contributed by atoms with van der Waals surface area (Å²) in [4.78, 5) is 0. The molecule has 0 fully saturated rings. The van der Waals surface area contributed by atoms with Gasteiger partial charge in [-0.2, -0.15) is 0 Å². The predicted molar refractivity (Wildman–Crippen MR) is 70.0 cm³/mol. The maximum atomic E-state index is 5.26. The van der Waals surface area contributed by atoms with E-state index < -0.39 is 0 Å². The number of hydrogen-bond acceptors (Lipinski definition) is 1. The first kappa shape index (κ1) is 13.2. The predicted octanol–water partition coefficient (Wildman–Crippen LogP) is 3.95. The minimum atomic E-state index is 0.109. The summed E-state index contributed by atoms with van der Waals surface area (Å²) in [6.07, 6.45) is 3.74. The summed E-state index contributed by atoms with van der Waals surface area (Å²) < 4.78 is 5.26. The number of aryl methyl sites for hydroxylation is 1. The molecule has 1 heteroatoms. The summed E-state index contributed by atoms with van der Waals surface area (Å²) >= 11 is 0. The van der Waals surface area contributed by atoms with Crippen LogP contribution in [0.25, 0.3) is 0 Å². The third-order valence-electron chi connectivity index (χ3n) is 3.06. The number of ether oxygens (including phenoxy) is 1. The van der Waals surface area contributed by atoms with Crippen molar-refractivity contribution >= 4 is 0 Å². The highest BCUT2D eigenvalue weighted by atomic mass is 16.5. The van der Waals surface area contributed by atoms with E-state index in [9.17, 15) is 0 Å². The SMILES string of the molecule is CCCCc1ccc(C(C)(C)COC)cc1. The number of benzene rings is 1. The normalized spacial score (nSPS) is 11.8. The van der Waals surface area contributed by atoms with Crippen molar-refractivity contribution < 1.29 is 4.74 Å². The van der Waals surface area contributed by atoms with Crippen LogP contribution >= 0.6 is 0 Å². The van der Waals surface area contributed by atoms with E-state index in [4.69, 9.17) is 4.74 Å². The van der Waals surface area contributed by atoms with Crippen LogP contribution in [-0.2, 0) is 16.6 Å². The molecule has 16 heavy (non-hydrogen) atoms. The zero-order chi connectivity index (χ0) is 12.0. The summed E-state index contributed by atoms with van der Waals surface area (Å²) in [6.45, 7) is 7.44. The van der Waals surface area contributed by atoms with Gasteiger partial charge >= 0.3 is 0 Å². The third-order valence-corrected chi connectivity index (χ3v) is 3.06. The Bertz CT molecular complexity index is 298. The standard InChI is InChI=1S/C15H24O/c1-5-6-7-13-8-10-14(11-9-13)15(2,3)12-16-4/h8-11H,5-7,12H2,1-4H3. The van der Waals surface area contributed by atoms with E-state index >= 15 is 0 Å². The summed E-state index contributed by atoms with van der Waals surface area (Å²) in [6, 6.07) is 8.98. The fraction of sp³-hybridized carbons (Fsp3) is 0.600. The monoisotopic (exact) mass is 220 g/mol. The van der Waals surface area contributed by atoms with E-state index in [1.165, 1.54) is 30.4 Å². The van der Waals surface area contributed by atoms with Crippen LogP contribution in [-0.4, -0.2) is 13.7 Å². The van der Waals surface area contributed by atoms with Crippen LogP contribution in [0.15, 0.2) is 24.3 Å². The number of rotatable bonds is 6. The van der Waals surface area contributed by atoms with Gasteiger partial charge in [0.1, 0.15) is 0 Å². The molecule has 0 saturated heterocycles. The molecule has 0 aliphatic carbocycles. The lowest BCUT2D eigenvalue weighted by Gasteiger charge is -2.24. The molecule has 1 aromatic rings. The van der Waals surface area contributed by atoms with Crippen molar-refractivity contribution in [2.24, 2.45) is 0 Å². The number of unbranched alkanes of at least 4 members (excludes halogenated alkanes) is 1. The van der Waals surface area contributed by atoms with Crippen molar-refractivity contribution in [3.8, 4) is 0 Å². The van der Waals surface area contributed by atoms with Crippen LogP contribution < -0.4 is 0 Å². The van der Waals surface area contributed by atoms with Gasteiger partial charge in [0.15, 0.2) is 0 Å². The Morgan fingerprint density at radius 1 is 1.12 bits per heavy atom. The zero-order valence-corrected chi connectivity index (χ0v) is 11.0. The van der Waals surface area contributed by atoms with E-state index in [0.29, 0.717) is 0 Å². The molecule has 0 radical (unpaired) electrons. The molecular weight excluding hydrogens is 196 g/mol. The van der Waals surface area contributed by atoms with Crippen molar-refractivity contribution in [2.45, 2.75) is 45.4 Å². The molecule has 0 bridgehead atoms. The van der Waals surface area contributed by atoms with Gasteiger partial charge in [0.2, 0.25) is 0 Å². The lowest BCUT2D eigenvalue weighted by Crippen LogP contribution is -2.23. The van der Waals surface area contributed by atoms with Crippen LogP contribution in [0.3, 0.4) is 0 Å². The molecule has 0 atom stereocenters. The van der Waals surface area contributed by atoms with E-state index in [1.807, 2.05) is 0 Å². The summed E-state index contributed by atoms with van der Waals surface area (Å²) in [7, 11) is 1.76. The van der Waals surface area contributed by atoms with Crippen molar-refractivity contribution in [3.05, 3.63) is 35.4 Å². The van der Waals surface area contributed by atoms with Crippen molar-refractivity contribution in [1.29, 1.82) is 0 Å². The van der Waals surface area contributed by atoms with E-state index in [2.05, 4.69) is 45.0 Å². The second kappa shape index (κ2) is 6.05. The van der Waals surface area contributed by atoms with Gasteiger partial charge in [-0.15, -0.1) is 0 Å². The first-order chi connectivity index (χ1) is 7.60. The van der Waals surface area contributed by atoms with Crippen LogP contribution in [0.4, 0.5) is 0 Å². The highest BCUT2D eigenvalue weighted by Crippen LogP contribution is 2.23. The maximum absolute atomic E-state index is 5.26. The fourth-order valence-electron chi connectivity index (χ4n) is 1.95. The topological polar surface area (TPSA) is 9.23 Å². The molecule has 0 aromatic heterocycles. The quantitative estimate of drug-likeness (QED) is 0.705. The van der Waals surface area contributed by atoms with Crippen molar-refractivity contribution in [3.63, 3.8) is 0 Å². The fourth-order valence-corrected chi connectivity index (χ4v) is 1.95. The Labute approximate surface area is 99.8 Å². The molecule has 0 unspecified atom stereocenters. The smallest absolute Gasteiger partial charge is 0.0553 e. The van der Waals surface area contributed by atoms with Gasteiger partial charge < -0.3 is 4.74 Å². The highest BCUT2D eigenvalue weighted by Gasteiger charge is 2.19. The van der Waals surface area contributed by atoms with Crippen molar-refractivity contribution in [1.82, 2.24) is 0 Å². The molecule has 1 nitrogen and oxygen atoms in total. The van der Waals surface area contributed by atoms with Gasteiger partial charge in [-0.1, -0.05) is 51.5 Å². The van der Waals surface area contributed by atoms with Gasteiger partial charge in [-0.05, 0) is 24.0 Å². The highest BCUT2D eigenvalue weighted by molar-refractivity contribution is 5.28. The Hall–Kier alpha value is -0.820. The van der Waals surface area contributed by atoms with Crippen LogP contribution in [0.2, 0.25) is 0 Å². The molecular formula is C15H24O. The average Bonchev–Trinajstić information content (AvgIpc) is 2.27. The van der Waals surface area contributed by atoms with E-state index in [1.54, 1.807) is 7.11 Å². The molecule has 0 aliphatic heterocycles. The van der Waals surface area contributed by atoms with Gasteiger partial charge in [-0.3, -0.25) is 0 Å². The minimum absolute atomic E-state index is 0.109. The first-order valence-corrected chi connectivity index (χ1v) is 6.18. The zero-order valence-electron chi connectivity index (χ0n) is 11.0. The van der Waals surface area contributed by atoms with E-state index in [0.717, 1.165) is 6.61 Å². The summed E-state index contributed by atoms with van der Waals surface area (Å²) in [5.74, 6) is 0. The second-order valence-electron chi connectivity index (χ2n) is 5.12. The van der Waals surface area contributed by atoms with Crippen molar-refractivity contribution in [2.75, 3.05) is 13.7 Å². The molecule has 0 N–H and O–H groups in total. The van der Waals surface area contributed by atoms with Gasteiger partial charge in [0.05, 0.1) is 6.61 Å². The Kier molecular flexibility index (Phi) is 5.01. The molecule has 0 spiro atoms. The average molecular weight is 220 g/mol. The van der Waals surface area contributed by atoms with Crippen LogP contribution in [0.1, 0.15) is 44.7 Å². The molecule has 0 saturated carbocycles. The minimum Gasteiger partial charge on any atom is -0.384 e.